The van der Waals surface area contributed by atoms with E-state index in [0.717, 1.165) is 24.7 Å². The molecule has 0 radical (unpaired) electrons. The van der Waals surface area contributed by atoms with Gasteiger partial charge in [0, 0.05) is 13.1 Å². The van der Waals surface area contributed by atoms with Gasteiger partial charge in [-0.3, -0.25) is 0 Å². The van der Waals surface area contributed by atoms with Crippen LogP contribution in [0, 0.1) is 0 Å². The minimum Gasteiger partial charge on any atom is -0.467 e. The third-order valence-corrected chi connectivity index (χ3v) is 4.06. The van der Waals surface area contributed by atoms with E-state index in [9.17, 15) is 13.2 Å². The molecular formula is C18H24N2O5S. The molecule has 1 N–H and O–H groups in total. The summed E-state index contributed by atoms with van der Waals surface area (Å²) in [7, 11) is -3.56. The molecule has 0 saturated heterocycles. The number of unbranched alkanes of at least 4 members (excludes halogenated alkanes) is 1. The highest BCUT2D eigenvalue weighted by Gasteiger charge is 2.16. The maximum Gasteiger partial charge on any atom is 0.318 e. The third kappa shape index (κ3) is 6.79. The first kappa shape index (κ1) is 19.8. The quantitative estimate of drug-likeness (QED) is 0.533. The molecule has 0 aliphatic heterocycles. The summed E-state index contributed by atoms with van der Waals surface area (Å²) in [5, 5.41) is 2.90. The van der Waals surface area contributed by atoms with E-state index in [4.69, 9.17) is 8.60 Å². The lowest BCUT2D eigenvalue weighted by molar-refractivity contribution is 0.187. The van der Waals surface area contributed by atoms with Gasteiger partial charge in [-0.15, -0.1) is 0 Å². The average molecular weight is 380 g/mol. The number of nitrogens with zero attached hydrogens (tertiary/aromatic N) is 1. The number of urea groups is 1. The second-order valence-electron chi connectivity index (χ2n) is 5.95. The summed E-state index contributed by atoms with van der Waals surface area (Å²) in [6.07, 6.45) is 4.48. The van der Waals surface area contributed by atoms with Gasteiger partial charge in [-0.2, -0.15) is 8.42 Å². The highest BCUT2D eigenvalue weighted by molar-refractivity contribution is 7.86. The van der Waals surface area contributed by atoms with E-state index in [1.54, 1.807) is 41.5 Å². The van der Waals surface area contributed by atoms with Gasteiger partial charge in [-0.25, -0.2) is 4.79 Å². The molecule has 0 unspecified atom stereocenters. The van der Waals surface area contributed by atoms with Crippen molar-refractivity contribution in [3.63, 3.8) is 0 Å². The number of hydrogen-bond donors (Lipinski definition) is 1. The molecule has 1 aromatic heterocycles. The van der Waals surface area contributed by atoms with Gasteiger partial charge in [-0.1, -0.05) is 25.5 Å². The summed E-state index contributed by atoms with van der Waals surface area (Å²) in [6, 6.07) is 10.0. The smallest absolute Gasteiger partial charge is 0.318 e. The van der Waals surface area contributed by atoms with Crippen molar-refractivity contribution in [2.75, 3.05) is 12.8 Å². The van der Waals surface area contributed by atoms with E-state index in [-0.39, 0.29) is 11.8 Å². The summed E-state index contributed by atoms with van der Waals surface area (Å²) < 4.78 is 32.5. The fraction of sp³-hybridized carbons (Fsp3) is 0.389. The van der Waals surface area contributed by atoms with E-state index >= 15 is 0 Å². The Labute approximate surface area is 154 Å². The van der Waals surface area contributed by atoms with Crippen LogP contribution in [-0.4, -0.2) is 32.1 Å². The van der Waals surface area contributed by atoms with Gasteiger partial charge in [0.1, 0.15) is 11.5 Å². The van der Waals surface area contributed by atoms with Crippen molar-refractivity contribution in [2.45, 2.75) is 32.9 Å². The van der Waals surface area contributed by atoms with Crippen LogP contribution < -0.4 is 9.50 Å². The van der Waals surface area contributed by atoms with Crippen LogP contribution >= 0.6 is 0 Å². The van der Waals surface area contributed by atoms with Gasteiger partial charge < -0.3 is 18.8 Å². The minimum atomic E-state index is -3.56. The zero-order valence-corrected chi connectivity index (χ0v) is 15.8. The minimum absolute atomic E-state index is 0.175. The number of amides is 2. The first-order valence-corrected chi connectivity index (χ1v) is 10.2. The molecule has 2 aromatic rings. The van der Waals surface area contributed by atoms with Crippen LogP contribution in [0.15, 0.2) is 47.1 Å². The first-order chi connectivity index (χ1) is 12.4. The number of carbonyl (C=O) groups excluding carboxylic acids is 1. The Hall–Kier alpha value is -2.48. The van der Waals surface area contributed by atoms with Crippen molar-refractivity contribution >= 4 is 16.1 Å². The molecular weight excluding hydrogens is 356 g/mol. The molecule has 1 aromatic carbocycles. The number of rotatable bonds is 9. The normalized spacial score (nSPS) is 11.2. The number of benzene rings is 1. The molecule has 0 fully saturated rings. The largest absolute Gasteiger partial charge is 0.467 e. The fourth-order valence-electron chi connectivity index (χ4n) is 2.32. The molecule has 0 spiro atoms. The Morgan fingerprint density at radius 3 is 2.50 bits per heavy atom. The van der Waals surface area contributed by atoms with Gasteiger partial charge in [0.05, 0.1) is 19.1 Å². The predicted molar refractivity (Wildman–Crippen MR) is 98.2 cm³/mol. The van der Waals surface area contributed by atoms with Crippen LogP contribution in [0.3, 0.4) is 0 Å². The number of hydrogen-bond acceptors (Lipinski definition) is 5. The van der Waals surface area contributed by atoms with Gasteiger partial charge in [0.2, 0.25) is 0 Å². The molecule has 0 aliphatic carbocycles. The Kier molecular flexibility index (Phi) is 7.08. The lowest BCUT2D eigenvalue weighted by Gasteiger charge is -2.22. The average Bonchev–Trinajstić information content (AvgIpc) is 3.08. The van der Waals surface area contributed by atoms with Crippen molar-refractivity contribution in [1.29, 1.82) is 0 Å². The molecule has 142 valence electrons. The Balaban J connectivity index is 2.06. The van der Waals surface area contributed by atoms with Gasteiger partial charge >= 0.3 is 16.1 Å². The van der Waals surface area contributed by atoms with Crippen LogP contribution in [0.1, 0.15) is 31.1 Å². The fourth-order valence-corrected chi connectivity index (χ4v) is 2.78. The number of furan rings is 1. The number of nitrogens with one attached hydrogen (secondary N) is 1. The molecule has 26 heavy (non-hydrogen) atoms. The van der Waals surface area contributed by atoms with Crippen molar-refractivity contribution in [3.05, 3.63) is 54.0 Å². The molecule has 2 rings (SSSR count). The first-order valence-electron chi connectivity index (χ1n) is 8.41. The second kappa shape index (κ2) is 9.28. The monoisotopic (exact) mass is 380 g/mol. The van der Waals surface area contributed by atoms with Crippen LogP contribution in [0.5, 0.6) is 5.75 Å². The second-order valence-corrected chi connectivity index (χ2v) is 7.53. The van der Waals surface area contributed by atoms with E-state index in [1.807, 2.05) is 6.07 Å². The SMILES string of the molecule is CCCCNC(=O)N(Cc1ccc(OS(C)(=O)=O)cc1)Cc1ccco1. The maximum atomic E-state index is 12.5. The summed E-state index contributed by atoms with van der Waals surface area (Å²) in [5.41, 5.74) is 0.850. The number of carbonyl (C=O) groups is 1. The molecule has 2 amide bonds. The Morgan fingerprint density at radius 2 is 1.92 bits per heavy atom. The van der Waals surface area contributed by atoms with E-state index in [1.165, 1.54) is 0 Å². The van der Waals surface area contributed by atoms with Gasteiger partial charge in [-0.05, 0) is 36.2 Å². The molecule has 0 saturated carbocycles. The van der Waals surface area contributed by atoms with Crippen molar-refractivity contribution in [3.8, 4) is 5.75 Å². The Morgan fingerprint density at radius 1 is 1.19 bits per heavy atom. The van der Waals surface area contributed by atoms with E-state index < -0.39 is 10.1 Å². The van der Waals surface area contributed by atoms with Gasteiger partial charge in [0.25, 0.3) is 0 Å². The van der Waals surface area contributed by atoms with Gasteiger partial charge in [0.15, 0.2) is 0 Å². The van der Waals surface area contributed by atoms with E-state index in [0.29, 0.717) is 25.4 Å². The van der Waals surface area contributed by atoms with Crippen molar-refractivity contribution < 1.29 is 21.8 Å². The highest BCUT2D eigenvalue weighted by atomic mass is 32.2. The van der Waals surface area contributed by atoms with Crippen LogP contribution in [-0.2, 0) is 23.2 Å². The molecule has 8 heteroatoms. The van der Waals surface area contributed by atoms with E-state index in [2.05, 4.69) is 12.2 Å². The van der Waals surface area contributed by atoms with Crippen LogP contribution in [0.2, 0.25) is 0 Å². The topological polar surface area (TPSA) is 88.9 Å². The van der Waals surface area contributed by atoms with Crippen LogP contribution in [0.25, 0.3) is 0 Å². The van der Waals surface area contributed by atoms with Crippen LogP contribution in [0.4, 0.5) is 4.79 Å². The lowest BCUT2D eigenvalue weighted by Crippen LogP contribution is -2.39. The predicted octanol–water partition coefficient (Wildman–Crippen LogP) is 3.13. The summed E-state index contributed by atoms with van der Waals surface area (Å²) in [4.78, 5) is 14.1. The molecule has 0 atom stereocenters. The zero-order valence-electron chi connectivity index (χ0n) is 15.0. The Bertz CT molecular complexity index is 785. The molecule has 1 heterocycles. The standard InChI is InChI=1S/C18H24N2O5S/c1-3-4-11-19-18(21)20(14-17-6-5-12-24-17)13-15-7-9-16(10-8-15)25-26(2,22)23/h5-10,12H,3-4,11,13-14H2,1-2H3,(H,19,21). The maximum absolute atomic E-state index is 12.5. The van der Waals surface area contributed by atoms with Crippen molar-refractivity contribution in [1.82, 2.24) is 10.2 Å². The lowest BCUT2D eigenvalue weighted by atomic mass is 10.2. The molecule has 0 aliphatic rings. The summed E-state index contributed by atoms with van der Waals surface area (Å²) >= 11 is 0. The summed E-state index contributed by atoms with van der Waals surface area (Å²) in [6.45, 7) is 3.38. The van der Waals surface area contributed by atoms with Crippen molar-refractivity contribution in [2.24, 2.45) is 0 Å². The summed E-state index contributed by atoms with van der Waals surface area (Å²) in [5.74, 6) is 0.925. The zero-order chi connectivity index (χ0) is 19.0. The highest BCUT2D eigenvalue weighted by Crippen LogP contribution is 2.16. The third-order valence-electron chi connectivity index (χ3n) is 3.56. The molecule has 0 bridgehead atoms. The molecule has 7 nitrogen and oxygen atoms in total.